The fourth-order valence-corrected chi connectivity index (χ4v) is 2.24. The summed E-state index contributed by atoms with van der Waals surface area (Å²) >= 11 is 0. The molecule has 3 N–H and O–H groups in total. The van der Waals surface area contributed by atoms with E-state index in [1.54, 1.807) is 24.5 Å². The van der Waals surface area contributed by atoms with Gasteiger partial charge in [0.1, 0.15) is 12.4 Å². The molecule has 1 aromatic heterocycles. The Labute approximate surface area is 134 Å². The summed E-state index contributed by atoms with van der Waals surface area (Å²) in [6.45, 7) is 2.27. The largest absolute Gasteiger partial charge is 0.395 e. The van der Waals surface area contributed by atoms with E-state index in [1.165, 1.54) is 16.8 Å². The van der Waals surface area contributed by atoms with Gasteiger partial charge in [-0.2, -0.15) is 5.10 Å². The molecule has 0 aliphatic carbocycles. The molecule has 0 fully saturated rings. The summed E-state index contributed by atoms with van der Waals surface area (Å²) in [5.41, 5.74) is 1.78. The molecule has 2 aromatic rings. The predicted octanol–water partition coefficient (Wildman–Crippen LogP) is 1.69. The van der Waals surface area contributed by atoms with Crippen LogP contribution in [0.3, 0.4) is 0 Å². The number of amides is 1. The number of anilines is 1. The van der Waals surface area contributed by atoms with Crippen molar-refractivity contribution < 1.29 is 14.3 Å². The number of nitrogens with zero attached hydrogens (tertiary/aromatic N) is 2. The second-order valence-corrected chi connectivity index (χ2v) is 5.16. The lowest BCUT2D eigenvalue weighted by atomic mass is 10.0. The maximum absolute atomic E-state index is 13.0. The highest BCUT2D eigenvalue weighted by atomic mass is 19.1. The van der Waals surface area contributed by atoms with Crippen molar-refractivity contribution in [3.05, 3.63) is 48.0 Å². The number of hydrogen-bond donors (Lipinski definition) is 3. The Hall–Kier alpha value is -2.41. The number of carbonyl (C=O) groups excluding carboxylic acids is 1. The molecule has 1 heterocycles. The number of nitrogens with one attached hydrogen (secondary N) is 2. The average molecular weight is 320 g/mol. The van der Waals surface area contributed by atoms with Crippen LogP contribution in [0, 0.1) is 5.82 Å². The first-order valence-corrected chi connectivity index (χ1v) is 7.54. The van der Waals surface area contributed by atoms with Crippen LogP contribution in [-0.4, -0.2) is 33.9 Å². The van der Waals surface area contributed by atoms with E-state index >= 15 is 0 Å². The van der Waals surface area contributed by atoms with Crippen molar-refractivity contribution >= 4 is 11.6 Å². The topological polar surface area (TPSA) is 79.2 Å². The van der Waals surface area contributed by atoms with Crippen molar-refractivity contribution in [2.75, 3.05) is 18.5 Å². The number of aliphatic hydroxyl groups is 1. The second-order valence-electron chi connectivity index (χ2n) is 5.16. The van der Waals surface area contributed by atoms with E-state index in [0.29, 0.717) is 0 Å². The van der Waals surface area contributed by atoms with Crippen LogP contribution in [0.4, 0.5) is 10.1 Å². The summed E-state index contributed by atoms with van der Waals surface area (Å²) < 4.78 is 14.5. The number of halogens is 1. The molecule has 23 heavy (non-hydrogen) atoms. The fourth-order valence-electron chi connectivity index (χ4n) is 2.24. The normalized spacial score (nSPS) is 12.0. The number of hydrogen-bond acceptors (Lipinski definition) is 4. The maximum atomic E-state index is 13.0. The summed E-state index contributed by atoms with van der Waals surface area (Å²) in [4.78, 5) is 11.6. The third-order valence-corrected chi connectivity index (χ3v) is 3.39. The van der Waals surface area contributed by atoms with E-state index in [4.69, 9.17) is 5.11 Å². The first-order chi connectivity index (χ1) is 11.1. The molecular formula is C16H21FN4O2. The van der Waals surface area contributed by atoms with Crippen LogP contribution in [0.15, 0.2) is 36.7 Å². The van der Waals surface area contributed by atoms with E-state index in [9.17, 15) is 9.18 Å². The molecule has 1 aromatic carbocycles. The zero-order chi connectivity index (χ0) is 16.7. The van der Waals surface area contributed by atoms with Gasteiger partial charge in [0.25, 0.3) is 0 Å². The summed E-state index contributed by atoms with van der Waals surface area (Å²) in [5.74, 6) is -0.468. The number of aliphatic hydroxyl groups excluding tert-OH is 1. The molecule has 124 valence electrons. The van der Waals surface area contributed by atoms with E-state index in [1.807, 2.05) is 6.92 Å². The second kappa shape index (κ2) is 8.28. The highest BCUT2D eigenvalue weighted by Crippen LogP contribution is 2.22. The molecule has 0 spiro atoms. The van der Waals surface area contributed by atoms with Gasteiger partial charge in [-0.1, -0.05) is 19.1 Å². The minimum atomic E-state index is -0.259. The van der Waals surface area contributed by atoms with Gasteiger partial charge < -0.3 is 15.7 Å². The monoisotopic (exact) mass is 320 g/mol. The Balaban J connectivity index is 1.96. The SMILES string of the molecule is CCC(Nc1cnn(CC(=O)NCCO)c1)c1ccc(F)cc1. The smallest absolute Gasteiger partial charge is 0.241 e. The van der Waals surface area contributed by atoms with Crippen LogP contribution in [0.1, 0.15) is 24.9 Å². The third-order valence-electron chi connectivity index (χ3n) is 3.39. The Morgan fingerprint density at radius 1 is 1.39 bits per heavy atom. The molecular weight excluding hydrogens is 299 g/mol. The van der Waals surface area contributed by atoms with Crippen molar-refractivity contribution in [1.82, 2.24) is 15.1 Å². The standard InChI is InChI=1S/C16H21FN4O2/c1-2-15(12-3-5-13(17)6-4-12)20-14-9-19-21(10-14)11-16(23)18-7-8-22/h3-6,9-10,15,20,22H,2,7-8,11H2,1H3,(H,18,23). The lowest BCUT2D eigenvalue weighted by Crippen LogP contribution is -2.30. The highest BCUT2D eigenvalue weighted by molar-refractivity contribution is 5.75. The maximum Gasteiger partial charge on any atom is 0.241 e. The van der Waals surface area contributed by atoms with Crippen LogP contribution in [0.5, 0.6) is 0 Å². The van der Waals surface area contributed by atoms with Crippen LogP contribution in [-0.2, 0) is 11.3 Å². The molecule has 0 saturated carbocycles. The van der Waals surface area contributed by atoms with E-state index in [-0.39, 0.29) is 37.5 Å². The quantitative estimate of drug-likeness (QED) is 0.691. The van der Waals surface area contributed by atoms with Gasteiger partial charge in [0, 0.05) is 12.7 Å². The van der Waals surface area contributed by atoms with Crippen molar-refractivity contribution in [2.45, 2.75) is 25.9 Å². The molecule has 1 amide bonds. The molecule has 0 aliphatic heterocycles. The minimum absolute atomic E-state index is 0.0384. The molecule has 0 bridgehead atoms. The Bertz CT molecular complexity index is 627. The van der Waals surface area contributed by atoms with Gasteiger partial charge in [0.15, 0.2) is 0 Å². The van der Waals surface area contributed by atoms with E-state index < -0.39 is 0 Å². The summed E-state index contributed by atoms with van der Waals surface area (Å²) in [6, 6.07) is 6.42. The van der Waals surface area contributed by atoms with Gasteiger partial charge in [-0.15, -0.1) is 0 Å². The molecule has 0 aliphatic rings. The van der Waals surface area contributed by atoms with Gasteiger partial charge >= 0.3 is 0 Å². The number of benzene rings is 1. The highest BCUT2D eigenvalue weighted by Gasteiger charge is 2.11. The zero-order valence-electron chi connectivity index (χ0n) is 13.0. The molecule has 0 radical (unpaired) electrons. The predicted molar refractivity (Wildman–Crippen MR) is 85.4 cm³/mol. The van der Waals surface area contributed by atoms with E-state index in [2.05, 4.69) is 15.7 Å². The van der Waals surface area contributed by atoms with Crippen LogP contribution in [0.25, 0.3) is 0 Å². The Morgan fingerprint density at radius 2 is 2.13 bits per heavy atom. The van der Waals surface area contributed by atoms with Crippen LogP contribution < -0.4 is 10.6 Å². The third kappa shape index (κ3) is 5.07. The van der Waals surface area contributed by atoms with Gasteiger partial charge in [-0.05, 0) is 24.1 Å². The van der Waals surface area contributed by atoms with Gasteiger partial charge in [0.05, 0.1) is 24.5 Å². The minimum Gasteiger partial charge on any atom is -0.395 e. The first-order valence-electron chi connectivity index (χ1n) is 7.54. The summed E-state index contributed by atoms with van der Waals surface area (Å²) in [7, 11) is 0. The molecule has 7 heteroatoms. The number of aromatic nitrogens is 2. The van der Waals surface area contributed by atoms with Gasteiger partial charge in [-0.3, -0.25) is 9.48 Å². The van der Waals surface area contributed by atoms with Crippen LogP contribution in [0.2, 0.25) is 0 Å². The van der Waals surface area contributed by atoms with Crippen LogP contribution >= 0.6 is 0 Å². The van der Waals surface area contributed by atoms with Crippen molar-refractivity contribution in [3.63, 3.8) is 0 Å². The molecule has 6 nitrogen and oxygen atoms in total. The molecule has 1 atom stereocenters. The molecule has 0 saturated heterocycles. The lowest BCUT2D eigenvalue weighted by Gasteiger charge is -2.17. The fraction of sp³-hybridized carbons (Fsp3) is 0.375. The van der Waals surface area contributed by atoms with Crippen molar-refractivity contribution in [1.29, 1.82) is 0 Å². The summed E-state index contributed by atoms with van der Waals surface area (Å²) in [5, 5.41) is 18.7. The molecule has 1 unspecified atom stereocenters. The average Bonchev–Trinajstić information content (AvgIpc) is 2.98. The lowest BCUT2D eigenvalue weighted by molar-refractivity contribution is -0.122. The van der Waals surface area contributed by atoms with Crippen molar-refractivity contribution in [3.8, 4) is 0 Å². The number of carbonyl (C=O) groups is 1. The van der Waals surface area contributed by atoms with Gasteiger partial charge in [-0.25, -0.2) is 4.39 Å². The number of rotatable bonds is 8. The zero-order valence-corrected chi connectivity index (χ0v) is 13.0. The summed E-state index contributed by atoms with van der Waals surface area (Å²) in [6.07, 6.45) is 4.21. The van der Waals surface area contributed by atoms with E-state index in [0.717, 1.165) is 17.7 Å². The van der Waals surface area contributed by atoms with Crippen molar-refractivity contribution in [2.24, 2.45) is 0 Å². The Kier molecular flexibility index (Phi) is 6.10. The first kappa shape index (κ1) is 17.0. The molecule has 2 rings (SSSR count). The Morgan fingerprint density at radius 3 is 2.78 bits per heavy atom. The van der Waals surface area contributed by atoms with Gasteiger partial charge in [0.2, 0.25) is 5.91 Å².